The van der Waals surface area contributed by atoms with Crippen LogP contribution in [-0.4, -0.2) is 47.7 Å². The summed E-state index contributed by atoms with van der Waals surface area (Å²) in [6.07, 6.45) is 0.825. The number of hydrogen-bond donors (Lipinski definition) is 0. The second-order valence-corrected chi connectivity index (χ2v) is 10.6. The van der Waals surface area contributed by atoms with Gasteiger partial charge in [-0.15, -0.1) is 0 Å². The van der Waals surface area contributed by atoms with Crippen molar-refractivity contribution in [3.63, 3.8) is 0 Å². The topological polar surface area (TPSA) is 102 Å². The van der Waals surface area contributed by atoms with Crippen molar-refractivity contribution < 1.29 is 33.3 Å². The molecule has 2 aliphatic rings. The number of pyridine rings is 1. The Labute approximate surface area is 225 Å². The van der Waals surface area contributed by atoms with Gasteiger partial charge in [-0.05, 0) is 37.1 Å². The molecule has 1 aromatic heterocycles. The first-order valence-corrected chi connectivity index (χ1v) is 12.3. The molecular formula is C25H20Cl3NO8. The lowest BCUT2D eigenvalue weighted by atomic mass is 10.0. The fourth-order valence-corrected chi connectivity index (χ4v) is 4.74. The Morgan fingerprint density at radius 3 is 2.19 bits per heavy atom. The van der Waals surface area contributed by atoms with Crippen LogP contribution in [0.2, 0.25) is 0 Å². The third kappa shape index (κ3) is 4.35. The number of benzene rings is 2. The van der Waals surface area contributed by atoms with Gasteiger partial charge in [0, 0.05) is 23.1 Å². The molecule has 0 N–H and O–H groups in total. The molecule has 2 aromatic carbocycles. The van der Waals surface area contributed by atoms with Crippen LogP contribution in [0.15, 0.2) is 29.1 Å². The molecule has 0 fully saturated rings. The van der Waals surface area contributed by atoms with Crippen LogP contribution in [0.1, 0.15) is 28.8 Å². The zero-order valence-corrected chi connectivity index (χ0v) is 22.0. The highest BCUT2D eigenvalue weighted by Gasteiger charge is 2.36. The maximum absolute atomic E-state index is 13.8. The number of fused-ring (bicyclic) bond motifs is 6. The quantitative estimate of drug-likeness (QED) is 0.180. The highest BCUT2D eigenvalue weighted by Crippen LogP contribution is 2.47. The summed E-state index contributed by atoms with van der Waals surface area (Å²) in [5, 5.41) is 0.758. The number of aromatic nitrogens is 1. The van der Waals surface area contributed by atoms with Crippen molar-refractivity contribution in [2.45, 2.75) is 23.2 Å². The number of carbonyl (C=O) groups excluding carboxylic acids is 2. The highest BCUT2D eigenvalue weighted by atomic mass is 35.6. The maximum atomic E-state index is 13.8. The Hall–Kier alpha value is -3.14. The average molecular weight is 569 g/mol. The lowest BCUT2D eigenvalue weighted by molar-refractivity contribution is -0.142. The smallest absolute Gasteiger partial charge is 0.358 e. The Bertz CT molecular complexity index is 1510. The van der Waals surface area contributed by atoms with Crippen LogP contribution in [0.25, 0.3) is 22.0 Å². The van der Waals surface area contributed by atoms with E-state index in [-0.39, 0.29) is 31.3 Å². The monoisotopic (exact) mass is 567 g/mol. The van der Waals surface area contributed by atoms with Gasteiger partial charge in [-0.3, -0.25) is 9.59 Å². The van der Waals surface area contributed by atoms with E-state index < -0.39 is 9.76 Å². The van der Waals surface area contributed by atoms with E-state index in [2.05, 4.69) is 0 Å². The van der Waals surface area contributed by atoms with Gasteiger partial charge in [-0.2, -0.15) is 0 Å². The van der Waals surface area contributed by atoms with Crippen molar-refractivity contribution in [1.29, 1.82) is 0 Å². The summed E-state index contributed by atoms with van der Waals surface area (Å²) in [7, 11) is 2.95. The molecule has 0 saturated heterocycles. The number of rotatable bonds is 7. The molecule has 0 unspecified atom stereocenters. The number of methoxy groups -OCH3 is 2. The van der Waals surface area contributed by atoms with Gasteiger partial charge in [0.2, 0.25) is 6.79 Å². The summed E-state index contributed by atoms with van der Waals surface area (Å²) in [5.41, 5.74) is 1.51. The number of halogens is 3. The molecular weight excluding hydrogens is 549 g/mol. The van der Waals surface area contributed by atoms with Gasteiger partial charge < -0.3 is 28.3 Å². The summed E-state index contributed by atoms with van der Waals surface area (Å²) in [6, 6.07) is 6.56. The SMILES string of the molecule is COc1cc2c3c(n(CCCCOC(=O)C(Cl)(Cl)Cl)c(=O)c2cc1OC)-c1cc2c(cc1C3=O)OCO2. The van der Waals surface area contributed by atoms with Crippen LogP contribution in [0.4, 0.5) is 0 Å². The number of ether oxygens (including phenoxy) is 5. The van der Waals surface area contributed by atoms with Crippen LogP contribution in [0, 0.1) is 0 Å². The van der Waals surface area contributed by atoms with Gasteiger partial charge in [0.15, 0.2) is 28.8 Å². The maximum Gasteiger partial charge on any atom is 0.358 e. The van der Waals surface area contributed by atoms with Gasteiger partial charge in [0.1, 0.15) is 0 Å². The Balaban J connectivity index is 1.60. The summed E-state index contributed by atoms with van der Waals surface area (Å²) >= 11 is 16.6. The molecule has 0 amide bonds. The number of ketones is 1. The molecule has 0 atom stereocenters. The molecule has 1 aliphatic carbocycles. The number of unbranched alkanes of at least 4 members (excludes halogenated alkanes) is 1. The van der Waals surface area contributed by atoms with E-state index in [1.165, 1.54) is 14.2 Å². The zero-order chi connectivity index (χ0) is 26.5. The van der Waals surface area contributed by atoms with Crippen molar-refractivity contribution in [3.05, 3.63) is 45.7 Å². The minimum Gasteiger partial charge on any atom is -0.493 e. The fraction of sp³-hybridized carbons (Fsp3) is 0.320. The molecule has 194 valence electrons. The van der Waals surface area contributed by atoms with Gasteiger partial charge >= 0.3 is 5.97 Å². The van der Waals surface area contributed by atoms with E-state index in [0.29, 0.717) is 69.0 Å². The van der Waals surface area contributed by atoms with E-state index in [1.807, 2.05) is 0 Å². The van der Waals surface area contributed by atoms with Crippen LogP contribution in [0.5, 0.6) is 23.0 Å². The summed E-state index contributed by atoms with van der Waals surface area (Å²) in [6.45, 7) is 0.280. The summed E-state index contributed by atoms with van der Waals surface area (Å²) in [4.78, 5) is 39.1. The third-order valence-corrected chi connectivity index (χ3v) is 6.72. The van der Waals surface area contributed by atoms with Gasteiger partial charge in [0.25, 0.3) is 9.35 Å². The first-order valence-electron chi connectivity index (χ1n) is 11.2. The molecule has 12 heteroatoms. The third-order valence-electron chi connectivity index (χ3n) is 6.26. The minimum absolute atomic E-state index is 0.00348. The van der Waals surface area contributed by atoms with Crippen molar-refractivity contribution >= 4 is 57.3 Å². The second-order valence-electron chi connectivity index (χ2n) is 8.35. The predicted octanol–water partition coefficient (Wildman–Crippen LogP) is 4.65. The van der Waals surface area contributed by atoms with E-state index in [0.717, 1.165) is 0 Å². The summed E-state index contributed by atoms with van der Waals surface area (Å²) < 4.78 is 26.2. The van der Waals surface area contributed by atoms with E-state index >= 15 is 0 Å². The van der Waals surface area contributed by atoms with Crippen LogP contribution < -0.4 is 24.5 Å². The van der Waals surface area contributed by atoms with E-state index in [4.69, 9.17) is 58.5 Å². The molecule has 1 aliphatic heterocycles. The van der Waals surface area contributed by atoms with E-state index in [9.17, 15) is 14.4 Å². The van der Waals surface area contributed by atoms with E-state index in [1.54, 1.807) is 28.8 Å². The number of esters is 1. The van der Waals surface area contributed by atoms with Crippen LogP contribution >= 0.6 is 34.8 Å². The highest BCUT2D eigenvalue weighted by molar-refractivity contribution is 6.75. The summed E-state index contributed by atoms with van der Waals surface area (Å²) in [5.74, 6) is 0.491. The largest absolute Gasteiger partial charge is 0.493 e. The molecule has 0 radical (unpaired) electrons. The average Bonchev–Trinajstić information content (AvgIpc) is 3.44. The Morgan fingerprint density at radius 2 is 1.57 bits per heavy atom. The van der Waals surface area contributed by atoms with Crippen molar-refractivity contribution in [2.75, 3.05) is 27.6 Å². The standard InChI is InChI=1S/C25H20Cl3NO8/c1-33-16-7-12-15(10-17(16)34-2)23(31)29(5-3-4-6-35-24(32)25(26,27)28)21-13-8-18-19(37-11-36-18)9-14(13)22(30)20(12)21/h7-10H,3-6,11H2,1-2H3. The number of nitrogens with zero attached hydrogens (tertiary/aromatic N) is 1. The molecule has 37 heavy (non-hydrogen) atoms. The lowest BCUT2D eigenvalue weighted by Crippen LogP contribution is -2.24. The molecule has 0 spiro atoms. The lowest BCUT2D eigenvalue weighted by Gasteiger charge is -2.17. The zero-order valence-electron chi connectivity index (χ0n) is 19.7. The van der Waals surface area contributed by atoms with Gasteiger partial charge in [0.05, 0.1) is 37.5 Å². The predicted molar refractivity (Wildman–Crippen MR) is 137 cm³/mol. The first-order chi connectivity index (χ1) is 17.7. The van der Waals surface area contributed by atoms with Gasteiger partial charge in [-0.1, -0.05) is 34.8 Å². The Kier molecular flexibility index (Phi) is 6.64. The van der Waals surface area contributed by atoms with Crippen molar-refractivity contribution in [3.8, 4) is 34.3 Å². The van der Waals surface area contributed by atoms with Crippen molar-refractivity contribution in [1.82, 2.24) is 4.57 Å². The molecule has 9 nitrogen and oxygen atoms in total. The number of carbonyl (C=O) groups is 2. The molecule has 0 saturated carbocycles. The normalized spacial score (nSPS) is 13.5. The molecule has 5 rings (SSSR count). The minimum atomic E-state index is -2.16. The molecule has 0 bridgehead atoms. The number of alkyl halides is 3. The Morgan fingerprint density at radius 1 is 0.946 bits per heavy atom. The number of hydrogen-bond acceptors (Lipinski definition) is 8. The molecule has 2 heterocycles. The van der Waals surface area contributed by atoms with Gasteiger partial charge in [-0.25, -0.2) is 4.79 Å². The first kappa shape index (κ1) is 25.5. The van der Waals surface area contributed by atoms with Crippen LogP contribution in [-0.2, 0) is 16.1 Å². The molecule has 3 aromatic rings. The fourth-order valence-electron chi connectivity index (χ4n) is 4.57. The second kappa shape index (κ2) is 9.63. The van der Waals surface area contributed by atoms with Crippen molar-refractivity contribution in [2.24, 2.45) is 0 Å². The van der Waals surface area contributed by atoms with Crippen LogP contribution in [0.3, 0.4) is 0 Å².